The van der Waals surface area contributed by atoms with Gasteiger partial charge in [0.25, 0.3) is 0 Å². The van der Waals surface area contributed by atoms with Gasteiger partial charge in [-0.2, -0.15) is 0 Å². The molecule has 106 valence electrons. The van der Waals surface area contributed by atoms with E-state index in [4.69, 9.17) is 13.9 Å². The summed E-state index contributed by atoms with van der Waals surface area (Å²) in [5, 5.41) is 0. The van der Waals surface area contributed by atoms with Crippen molar-refractivity contribution in [2.75, 3.05) is 13.2 Å². The maximum atomic E-state index is 5.80. The van der Waals surface area contributed by atoms with E-state index >= 15 is 0 Å². The Labute approximate surface area is 127 Å². The smallest absolute Gasteiger partial charge is 0.161 e. The quantitative estimate of drug-likeness (QED) is 0.774. The molecule has 3 nitrogen and oxygen atoms in total. The van der Waals surface area contributed by atoms with Crippen molar-refractivity contribution in [2.24, 2.45) is 0 Å². The van der Waals surface area contributed by atoms with Crippen molar-refractivity contribution in [1.29, 1.82) is 0 Å². The summed E-state index contributed by atoms with van der Waals surface area (Å²) in [6.07, 6.45) is 1.82. The highest BCUT2D eigenvalue weighted by molar-refractivity contribution is 9.09. The van der Waals surface area contributed by atoms with Gasteiger partial charge in [0.15, 0.2) is 11.5 Å². The number of hydrogen-bond donors (Lipinski definition) is 0. The predicted octanol–water partition coefficient (Wildman–Crippen LogP) is 4.49. The van der Waals surface area contributed by atoms with Crippen LogP contribution in [-0.4, -0.2) is 13.2 Å². The number of furan rings is 1. The van der Waals surface area contributed by atoms with Gasteiger partial charge in [0.1, 0.15) is 11.5 Å². The first kappa shape index (κ1) is 13.6. The third-order valence-corrected chi connectivity index (χ3v) is 4.32. The summed E-state index contributed by atoms with van der Waals surface area (Å²) in [6, 6.07) is 10.1. The molecule has 0 saturated heterocycles. The number of alkyl halides is 1. The minimum Gasteiger partial charge on any atom is -0.490 e. The van der Waals surface area contributed by atoms with Crippen LogP contribution in [0.3, 0.4) is 0 Å². The highest BCUT2D eigenvalue weighted by Gasteiger charge is 2.18. The highest BCUT2D eigenvalue weighted by Crippen LogP contribution is 2.38. The standard InChI is InChI=1S/C16H17BrO3/c1-2-12-5-7-14(20-12)16(17)11-4-6-13-15(10-11)19-9-3-8-18-13/h4-7,10,16H,2-3,8-9H2,1H3. The van der Waals surface area contributed by atoms with Gasteiger partial charge in [0.05, 0.1) is 18.0 Å². The van der Waals surface area contributed by atoms with Crippen LogP contribution in [0.5, 0.6) is 11.5 Å². The van der Waals surface area contributed by atoms with Gasteiger partial charge in [0, 0.05) is 12.8 Å². The predicted molar refractivity (Wildman–Crippen MR) is 80.9 cm³/mol. The van der Waals surface area contributed by atoms with E-state index in [9.17, 15) is 0 Å². The van der Waals surface area contributed by atoms with Gasteiger partial charge in [-0.3, -0.25) is 0 Å². The molecular formula is C16H17BrO3. The monoisotopic (exact) mass is 336 g/mol. The van der Waals surface area contributed by atoms with E-state index in [1.54, 1.807) is 0 Å². The zero-order chi connectivity index (χ0) is 13.9. The van der Waals surface area contributed by atoms with E-state index in [2.05, 4.69) is 22.9 Å². The summed E-state index contributed by atoms with van der Waals surface area (Å²) < 4.78 is 17.2. The molecule has 1 aliphatic rings. The molecule has 2 aromatic rings. The lowest BCUT2D eigenvalue weighted by molar-refractivity contribution is 0.297. The molecule has 1 atom stereocenters. The number of aryl methyl sites for hydroxylation is 1. The maximum absolute atomic E-state index is 5.80. The summed E-state index contributed by atoms with van der Waals surface area (Å²) in [7, 11) is 0. The van der Waals surface area contributed by atoms with Crippen molar-refractivity contribution in [3.63, 3.8) is 0 Å². The Hall–Kier alpha value is -1.42. The van der Waals surface area contributed by atoms with Crippen molar-refractivity contribution < 1.29 is 13.9 Å². The first-order valence-electron chi connectivity index (χ1n) is 6.90. The van der Waals surface area contributed by atoms with Crippen LogP contribution in [0.15, 0.2) is 34.7 Å². The Morgan fingerprint density at radius 3 is 2.65 bits per heavy atom. The molecule has 0 saturated carbocycles. The lowest BCUT2D eigenvalue weighted by Gasteiger charge is -2.12. The molecule has 20 heavy (non-hydrogen) atoms. The summed E-state index contributed by atoms with van der Waals surface area (Å²) >= 11 is 3.69. The highest BCUT2D eigenvalue weighted by atomic mass is 79.9. The second-order valence-electron chi connectivity index (χ2n) is 4.78. The van der Waals surface area contributed by atoms with Crippen LogP contribution in [-0.2, 0) is 6.42 Å². The van der Waals surface area contributed by atoms with E-state index in [1.165, 1.54) is 0 Å². The topological polar surface area (TPSA) is 31.6 Å². The lowest BCUT2D eigenvalue weighted by atomic mass is 10.1. The summed E-state index contributed by atoms with van der Waals surface area (Å²) in [4.78, 5) is 0.0277. The third-order valence-electron chi connectivity index (χ3n) is 3.34. The SMILES string of the molecule is CCc1ccc(C(Br)c2ccc3c(c2)OCCCO3)o1. The fraction of sp³-hybridized carbons (Fsp3) is 0.375. The molecule has 0 spiro atoms. The molecule has 1 aliphatic heterocycles. The first-order chi connectivity index (χ1) is 9.78. The van der Waals surface area contributed by atoms with E-state index in [1.807, 2.05) is 30.3 Å². The Morgan fingerprint density at radius 1 is 1.10 bits per heavy atom. The molecular weight excluding hydrogens is 320 g/mol. The number of benzene rings is 1. The van der Waals surface area contributed by atoms with E-state index in [-0.39, 0.29) is 4.83 Å². The van der Waals surface area contributed by atoms with E-state index in [0.717, 1.165) is 41.4 Å². The third kappa shape index (κ3) is 2.70. The zero-order valence-corrected chi connectivity index (χ0v) is 13.0. The fourth-order valence-electron chi connectivity index (χ4n) is 2.22. The van der Waals surface area contributed by atoms with Crippen molar-refractivity contribution in [2.45, 2.75) is 24.6 Å². The minimum atomic E-state index is 0.0277. The average Bonchev–Trinajstić information content (AvgIpc) is 2.84. The Balaban J connectivity index is 1.87. The number of halogens is 1. The number of hydrogen-bond acceptors (Lipinski definition) is 3. The molecule has 4 heteroatoms. The van der Waals surface area contributed by atoms with E-state index < -0.39 is 0 Å². The molecule has 1 aromatic carbocycles. The maximum Gasteiger partial charge on any atom is 0.161 e. The fourth-order valence-corrected chi connectivity index (χ4v) is 2.75. The second kappa shape index (κ2) is 5.92. The molecule has 1 aromatic heterocycles. The number of fused-ring (bicyclic) bond motifs is 1. The average molecular weight is 337 g/mol. The molecule has 0 N–H and O–H groups in total. The van der Waals surface area contributed by atoms with Crippen LogP contribution in [0, 0.1) is 0 Å². The molecule has 2 heterocycles. The molecule has 1 unspecified atom stereocenters. The van der Waals surface area contributed by atoms with Gasteiger partial charge in [0.2, 0.25) is 0 Å². The van der Waals surface area contributed by atoms with Crippen molar-refractivity contribution >= 4 is 15.9 Å². The molecule has 0 bridgehead atoms. The van der Waals surface area contributed by atoms with Crippen molar-refractivity contribution in [3.05, 3.63) is 47.4 Å². The van der Waals surface area contributed by atoms with E-state index in [0.29, 0.717) is 13.2 Å². The zero-order valence-electron chi connectivity index (χ0n) is 11.4. The minimum absolute atomic E-state index is 0.0277. The van der Waals surface area contributed by atoms with Crippen LogP contribution in [0.2, 0.25) is 0 Å². The van der Waals surface area contributed by atoms with Gasteiger partial charge < -0.3 is 13.9 Å². The molecule has 0 fully saturated rings. The van der Waals surface area contributed by atoms with Crippen LogP contribution in [0.4, 0.5) is 0 Å². The van der Waals surface area contributed by atoms with Gasteiger partial charge in [-0.1, -0.05) is 28.9 Å². The van der Waals surface area contributed by atoms with Crippen LogP contribution in [0.25, 0.3) is 0 Å². The largest absolute Gasteiger partial charge is 0.490 e. The second-order valence-corrected chi connectivity index (χ2v) is 5.69. The van der Waals surface area contributed by atoms with Crippen LogP contribution >= 0.6 is 15.9 Å². The van der Waals surface area contributed by atoms with Crippen molar-refractivity contribution in [3.8, 4) is 11.5 Å². The Morgan fingerprint density at radius 2 is 1.90 bits per heavy atom. The number of rotatable bonds is 3. The van der Waals surface area contributed by atoms with Gasteiger partial charge in [-0.25, -0.2) is 0 Å². The van der Waals surface area contributed by atoms with Gasteiger partial charge in [-0.15, -0.1) is 0 Å². The lowest BCUT2D eigenvalue weighted by Crippen LogP contribution is -1.97. The van der Waals surface area contributed by atoms with Gasteiger partial charge in [-0.05, 0) is 29.8 Å². The van der Waals surface area contributed by atoms with Crippen LogP contribution < -0.4 is 9.47 Å². The van der Waals surface area contributed by atoms with Crippen molar-refractivity contribution in [1.82, 2.24) is 0 Å². The normalized spacial score (nSPS) is 15.7. The summed E-state index contributed by atoms with van der Waals surface area (Å²) in [5.41, 5.74) is 1.10. The summed E-state index contributed by atoms with van der Waals surface area (Å²) in [6.45, 7) is 3.49. The Bertz CT molecular complexity index is 591. The summed E-state index contributed by atoms with van der Waals surface area (Å²) in [5.74, 6) is 3.54. The molecule has 0 radical (unpaired) electrons. The Kier molecular flexibility index (Phi) is 4.01. The molecule has 0 amide bonds. The number of ether oxygens (including phenoxy) is 2. The first-order valence-corrected chi connectivity index (χ1v) is 7.81. The van der Waals surface area contributed by atoms with Crippen LogP contribution in [0.1, 0.15) is 35.3 Å². The molecule has 0 aliphatic carbocycles. The molecule has 3 rings (SSSR count). The van der Waals surface area contributed by atoms with Gasteiger partial charge >= 0.3 is 0 Å².